The molecule has 4 heterocycles. The van der Waals surface area contributed by atoms with E-state index < -0.39 is 17.4 Å². The topological polar surface area (TPSA) is 171 Å². The second-order valence-electron chi connectivity index (χ2n) is 10.1. The molecule has 4 aromatic rings. The minimum absolute atomic E-state index is 0.0278. The van der Waals surface area contributed by atoms with Crippen LogP contribution in [-0.4, -0.2) is 93.7 Å². The SMILES string of the molecule is O=Cc1cccc(F)c1O.O=c1cc(N2CCN(Cc3cccc(F)c3O)CC2)nc[nH]1.O=c1cc(N2CCNCC2)nc[nH]1. The average molecular weight is 625 g/mol. The molecule has 5 N–H and O–H groups in total. The van der Waals surface area contributed by atoms with Crippen molar-refractivity contribution in [3.63, 3.8) is 0 Å². The van der Waals surface area contributed by atoms with E-state index in [0.29, 0.717) is 24.2 Å². The summed E-state index contributed by atoms with van der Waals surface area (Å²) in [4.78, 5) is 51.9. The Morgan fingerprint density at radius 3 is 1.82 bits per heavy atom. The van der Waals surface area contributed by atoms with Gasteiger partial charge in [-0.15, -0.1) is 0 Å². The highest BCUT2D eigenvalue weighted by Crippen LogP contribution is 2.23. The third-order valence-corrected chi connectivity index (χ3v) is 7.07. The van der Waals surface area contributed by atoms with Crippen LogP contribution in [-0.2, 0) is 6.54 Å². The number of nitrogens with one attached hydrogen (secondary N) is 3. The molecule has 13 nitrogen and oxygen atoms in total. The van der Waals surface area contributed by atoms with Crippen molar-refractivity contribution in [2.24, 2.45) is 0 Å². The standard InChI is InChI=1S/C15H17FN4O2.C8H12N4O.C7H5FO2/c16-12-3-1-2-11(15(12)22)9-19-4-6-20(7-5-19)13-8-14(21)18-10-17-13;13-8-5-7(10-6-11-8)12-3-1-9-2-4-12;8-6-3-1-2-5(4-9)7(6)10/h1-3,8,10,22H,4-7,9H2,(H,17,18,21);5-6,9H,1-4H2,(H,10,11,13);1-4,10H. The van der Waals surface area contributed by atoms with Gasteiger partial charge in [0, 0.05) is 76.6 Å². The number of H-pyrrole nitrogens is 2. The lowest BCUT2D eigenvalue weighted by Crippen LogP contribution is -2.46. The number of piperazine rings is 2. The number of anilines is 2. The quantitative estimate of drug-likeness (QED) is 0.204. The van der Waals surface area contributed by atoms with Crippen molar-refractivity contribution in [3.8, 4) is 11.5 Å². The van der Waals surface area contributed by atoms with Crippen LogP contribution in [0.3, 0.4) is 0 Å². The van der Waals surface area contributed by atoms with E-state index in [0.717, 1.165) is 64.2 Å². The van der Waals surface area contributed by atoms with Gasteiger partial charge in [0.05, 0.1) is 18.2 Å². The normalized spacial score (nSPS) is 14.9. The molecule has 45 heavy (non-hydrogen) atoms. The van der Waals surface area contributed by atoms with Crippen LogP contribution in [0.15, 0.2) is 70.8 Å². The predicted octanol–water partition coefficient (Wildman–Crippen LogP) is 1.46. The van der Waals surface area contributed by atoms with Gasteiger partial charge in [0.2, 0.25) is 0 Å². The van der Waals surface area contributed by atoms with Crippen molar-refractivity contribution in [2.45, 2.75) is 6.54 Å². The molecule has 2 aromatic carbocycles. The molecule has 2 aliphatic rings. The Bertz CT molecular complexity index is 1670. The summed E-state index contributed by atoms with van der Waals surface area (Å²) in [6.07, 6.45) is 3.24. The van der Waals surface area contributed by atoms with Crippen molar-refractivity contribution in [1.82, 2.24) is 30.2 Å². The van der Waals surface area contributed by atoms with E-state index in [4.69, 9.17) is 5.11 Å². The molecule has 0 unspecified atom stereocenters. The number of carbonyl (C=O) groups is 1. The maximum Gasteiger partial charge on any atom is 0.252 e. The Labute approximate surface area is 256 Å². The smallest absolute Gasteiger partial charge is 0.252 e. The molecule has 0 saturated carbocycles. The third kappa shape index (κ3) is 9.42. The van der Waals surface area contributed by atoms with E-state index in [-0.39, 0.29) is 22.4 Å². The number of para-hydroxylation sites is 2. The highest BCUT2D eigenvalue weighted by atomic mass is 19.1. The predicted molar refractivity (Wildman–Crippen MR) is 164 cm³/mol. The monoisotopic (exact) mass is 624 g/mol. The van der Waals surface area contributed by atoms with Crippen LogP contribution in [0.5, 0.6) is 11.5 Å². The van der Waals surface area contributed by atoms with Crippen LogP contribution in [0.25, 0.3) is 0 Å². The lowest BCUT2D eigenvalue weighted by Gasteiger charge is -2.35. The van der Waals surface area contributed by atoms with Gasteiger partial charge >= 0.3 is 0 Å². The number of hydrogen-bond donors (Lipinski definition) is 5. The largest absolute Gasteiger partial charge is 0.505 e. The second kappa shape index (κ2) is 16.1. The first-order valence-corrected chi connectivity index (χ1v) is 14.2. The number of benzene rings is 2. The molecule has 2 fully saturated rings. The van der Waals surface area contributed by atoms with Gasteiger partial charge in [-0.2, -0.15) is 0 Å². The number of phenolic OH excluding ortho intramolecular Hbond substituents is 2. The molecular formula is C30H34F2N8O5. The number of halogens is 2. The highest BCUT2D eigenvalue weighted by molar-refractivity contribution is 5.78. The molecule has 0 aliphatic carbocycles. The summed E-state index contributed by atoms with van der Waals surface area (Å²) in [5.74, 6) is -0.797. The molecule has 6 rings (SSSR count). The first kappa shape index (κ1) is 32.8. The van der Waals surface area contributed by atoms with Crippen LogP contribution in [0.2, 0.25) is 0 Å². The van der Waals surface area contributed by atoms with E-state index in [1.807, 2.05) is 4.90 Å². The number of aldehydes is 1. The lowest BCUT2D eigenvalue weighted by atomic mass is 10.1. The highest BCUT2D eigenvalue weighted by Gasteiger charge is 2.20. The molecule has 0 amide bonds. The second-order valence-corrected chi connectivity index (χ2v) is 10.1. The number of aromatic hydroxyl groups is 2. The Kier molecular flexibility index (Phi) is 11.7. The summed E-state index contributed by atoms with van der Waals surface area (Å²) in [7, 11) is 0. The van der Waals surface area contributed by atoms with Gasteiger partial charge in [0.15, 0.2) is 29.4 Å². The maximum absolute atomic E-state index is 13.3. The van der Waals surface area contributed by atoms with Crippen molar-refractivity contribution in [3.05, 3.63) is 105 Å². The fourth-order valence-electron chi connectivity index (χ4n) is 4.65. The van der Waals surface area contributed by atoms with Crippen LogP contribution in [0.4, 0.5) is 20.4 Å². The summed E-state index contributed by atoms with van der Waals surface area (Å²) in [6, 6.07) is 11.4. The summed E-state index contributed by atoms with van der Waals surface area (Å²) < 4.78 is 25.7. The van der Waals surface area contributed by atoms with Gasteiger partial charge in [-0.05, 0) is 18.2 Å². The number of phenols is 2. The first-order valence-electron chi connectivity index (χ1n) is 14.2. The first-order chi connectivity index (χ1) is 21.7. The van der Waals surface area contributed by atoms with Crippen LogP contribution in [0, 0.1) is 11.6 Å². The number of nitrogens with zero attached hydrogens (tertiary/aromatic N) is 5. The average Bonchev–Trinajstić information content (AvgIpc) is 3.06. The Balaban J connectivity index is 0.000000170. The number of carbonyl (C=O) groups excluding carboxylic acids is 1. The van der Waals surface area contributed by atoms with Gasteiger partial charge in [-0.25, -0.2) is 18.7 Å². The number of aromatic amines is 2. The van der Waals surface area contributed by atoms with E-state index in [9.17, 15) is 28.3 Å². The summed E-state index contributed by atoms with van der Waals surface area (Å²) in [6.45, 7) is 7.20. The third-order valence-electron chi connectivity index (χ3n) is 7.07. The van der Waals surface area contributed by atoms with E-state index in [1.54, 1.807) is 12.1 Å². The minimum Gasteiger partial charge on any atom is -0.505 e. The molecule has 0 radical (unpaired) electrons. The van der Waals surface area contributed by atoms with Crippen LogP contribution < -0.4 is 26.2 Å². The van der Waals surface area contributed by atoms with E-state index in [2.05, 4.69) is 35.1 Å². The summed E-state index contributed by atoms with van der Waals surface area (Å²) in [5, 5.41) is 21.8. The summed E-state index contributed by atoms with van der Waals surface area (Å²) >= 11 is 0. The lowest BCUT2D eigenvalue weighted by molar-refractivity contribution is 0.112. The molecule has 0 spiro atoms. The molecule has 0 bridgehead atoms. The molecular weight excluding hydrogens is 590 g/mol. The van der Waals surface area contributed by atoms with Crippen molar-refractivity contribution in [2.75, 3.05) is 62.2 Å². The van der Waals surface area contributed by atoms with Gasteiger partial charge in [-0.1, -0.05) is 18.2 Å². The fourth-order valence-corrected chi connectivity index (χ4v) is 4.65. The summed E-state index contributed by atoms with van der Waals surface area (Å²) in [5.41, 5.74) is 0.295. The zero-order chi connectivity index (χ0) is 32.2. The van der Waals surface area contributed by atoms with Crippen LogP contribution in [0.1, 0.15) is 15.9 Å². The van der Waals surface area contributed by atoms with E-state index >= 15 is 0 Å². The Morgan fingerprint density at radius 2 is 1.29 bits per heavy atom. The molecule has 0 atom stereocenters. The number of rotatable bonds is 5. The Morgan fingerprint density at radius 1 is 0.756 bits per heavy atom. The zero-order valence-corrected chi connectivity index (χ0v) is 24.3. The van der Waals surface area contributed by atoms with Crippen molar-refractivity contribution in [1.29, 1.82) is 0 Å². The molecule has 2 aliphatic heterocycles. The maximum atomic E-state index is 13.3. The minimum atomic E-state index is -0.774. The number of hydrogen-bond acceptors (Lipinski definition) is 11. The molecule has 2 saturated heterocycles. The van der Waals surface area contributed by atoms with E-state index in [1.165, 1.54) is 43.0 Å². The van der Waals surface area contributed by atoms with Crippen LogP contribution >= 0.6 is 0 Å². The van der Waals surface area contributed by atoms with Gasteiger partial charge in [0.1, 0.15) is 11.6 Å². The molecule has 15 heteroatoms. The van der Waals surface area contributed by atoms with Gasteiger partial charge in [0.25, 0.3) is 11.1 Å². The van der Waals surface area contributed by atoms with Crippen molar-refractivity contribution < 1.29 is 23.8 Å². The Hall–Kier alpha value is -5.15. The van der Waals surface area contributed by atoms with Gasteiger partial charge < -0.3 is 35.3 Å². The molecule has 238 valence electrons. The number of aromatic nitrogens is 4. The fraction of sp³-hybridized carbons (Fsp3) is 0.300. The van der Waals surface area contributed by atoms with Gasteiger partial charge in [-0.3, -0.25) is 19.3 Å². The molecule has 2 aromatic heterocycles. The zero-order valence-electron chi connectivity index (χ0n) is 24.3. The van der Waals surface area contributed by atoms with Crippen molar-refractivity contribution >= 4 is 17.9 Å².